The van der Waals surface area contributed by atoms with Crippen molar-refractivity contribution in [1.29, 1.82) is 0 Å². The maximum atomic E-state index is 5.53. The van der Waals surface area contributed by atoms with Crippen molar-refractivity contribution in [2.24, 2.45) is 0 Å². The van der Waals surface area contributed by atoms with Gasteiger partial charge in [0.2, 0.25) is 5.95 Å². The van der Waals surface area contributed by atoms with Crippen molar-refractivity contribution in [3.8, 4) is 0 Å². The van der Waals surface area contributed by atoms with Crippen LogP contribution in [0.25, 0.3) is 11.0 Å². The van der Waals surface area contributed by atoms with E-state index in [1.165, 1.54) is 0 Å². The summed E-state index contributed by atoms with van der Waals surface area (Å²) < 4.78 is 5.53. The van der Waals surface area contributed by atoms with E-state index >= 15 is 0 Å². The molecule has 1 aromatic heterocycles. The Morgan fingerprint density at radius 1 is 1.41 bits per heavy atom. The summed E-state index contributed by atoms with van der Waals surface area (Å²) in [4.78, 5) is 7.78. The molecule has 1 fully saturated rings. The minimum absolute atomic E-state index is 0.432. The lowest BCUT2D eigenvalue weighted by molar-refractivity contribution is 0.00287. The van der Waals surface area contributed by atoms with E-state index in [2.05, 4.69) is 15.3 Å². The molecule has 1 heterocycles. The Balaban J connectivity index is 1.62. The lowest BCUT2D eigenvalue weighted by atomic mass is 9.89. The van der Waals surface area contributed by atoms with Gasteiger partial charge in [-0.1, -0.05) is 12.1 Å². The molecule has 0 spiro atoms. The lowest BCUT2D eigenvalue weighted by Gasteiger charge is -2.35. The third-order valence-corrected chi connectivity index (χ3v) is 3.23. The molecule has 90 valence electrons. The van der Waals surface area contributed by atoms with Gasteiger partial charge in [-0.25, -0.2) is 4.98 Å². The Morgan fingerprint density at radius 2 is 2.24 bits per heavy atom. The van der Waals surface area contributed by atoms with Crippen molar-refractivity contribution in [2.45, 2.75) is 31.9 Å². The summed E-state index contributed by atoms with van der Waals surface area (Å²) in [6.07, 6.45) is 2.58. The van der Waals surface area contributed by atoms with E-state index in [0.717, 1.165) is 36.4 Å². The number of aromatic amines is 1. The predicted octanol–water partition coefficient (Wildman–Crippen LogP) is 2.54. The Hall–Kier alpha value is -1.55. The summed E-state index contributed by atoms with van der Waals surface area (Å²) in [6, 6.07) is 8.56. The van der Waals surface area contributed by atoms with E-state index < -0.39 is 0 Å². The van der Waals surface area contributed by atoms with Crippen LogP contribution < -0.4 is 5.32 Å². The van der Waals surface area contributed by atoms with Gasteiger partial charge >= 0.3 is 0 Å². The zero-order chi connectivity index (χ0) is 11.7. The molecule has 1 aromatic carbocycles. The average Bonchev–Trinajstić information content (AvgIpc) is 2.68. The Kier molecular flexibility index (Phi) is 2.73. The number of benzene rings is 1. The number of rotatable bonds is 4. The fourth-order valence-corrected chi connectivity index (χ4v) is 2.27. The van der Waals surface area contributed by atoms with Crippen molar-refractivity contribution >= 4 is 17.0 Å². The van der Waals surface area contributed by atoms with Crippen LogP contribution in [0.3, 0.4) is 0 Å². The van der Waals surface area contributed by atoms with E-state index in [1.807, 2.05) is 31.2 Å². The molecule has 0 amide bonds. The summed E-state index contributed by atoms with van der Waals surface area (Å²) in [5, 5.41) is 3.41. The summed E-state index contributed by atoms with van der Waals surface area (Å²) >= 11 is 0. The Morgan fingerprint density at radius 3 is 3.00 bits per heavy atom. The molecule has 4 nitrogen and oxygen atoms in total. The molecule has 2 N–H and O–H groups in total. The van der Waals surface area contributed by atoms with E-state index in [9.17, 15) is 0 Å². The molecule has 0 unspecified atom stereocenters. The van der Waals surface area contributed by atoms with E-state index in [-0.39, 0.29) is 0 Å². The standard InChI is InChI=1S/C13H17N3O/c1-2-17-10-7-9(8-10)14-13-15-11-5-3-4-6-12(11)16-13/h3-6,9-10H,2,7-8H2,1H3,(H2,14,15,16). The number of hydrogen-bond donors (Lipinski definition) is 2. The smallest absolute Gasteiger partial charge is 0.201 e. The number of imidazole rings is 1. The second kappa shape index (κ2) is 4.37. The quantitative estimate of drug-likeness (QED) is 0.850. The number of ether oxygens (including phenoxy) is 1. The van der Waals surface area contributed by atoms with Crippen LogP contribution in [0.4, 0.5) is 5.95 Å². The van der Waals surface area contributed by atoms with Crippen LogP contribution in [-0.4, -0.2) is 28.7 Å². The summed E-state index contributed by atoms with van der Waals surface area (Å²) in [5.74, 6) is 0.867. The minimum Gasteiger partial charge on any atom is -0.378 e. The molecule has 0 aliphatic heterocycles. The molecule has 17 heavy (non-hydrogen) atoms. The fourth-order valence-electron chi connectivity index (χ4n) is 2.27. The van der Waals surface area contributed by atoms with Gasteiger partial charge in [0.25, 0.3) is 0 Å². The number of aromatic nitrogens is 2. The van der Waals surface area contributed by atoms with Gasteiger partial charge in [0, 0.05) is 12.6 Å². The predicted molar refractivity (Wildman–Crippen MR) is 68.2 cm³/mol. The Bertz CT molecular complexity index is 469. The lowest BCUT2D eigenvalue weighted by Crippen LogP contribution is -2.41. The van der Waals surface area contributed by atoms with Gasteiger partial charge in [-0.2, -0.15) is 0 Å². The number of nitrogens with zero attached hydrogens (tertiary/aromatic N) is 1. The molecule has 1 saturated carbocycles. The largest absolute Gasteiger partial charge is 0.378 e. The molecule has 0 bridgehead atoms. The van der Waals surface area contributed by atoms with Crippen LogP contribution in [0.15, 0.2) is 24.3 Å². The molecular formula is C13H17N3O. The molecule has 0 atom stereocenters. The Labute approximate surface area is 100 Å². The third kappa shape index (κ3) is 2.13. The number of anilines is 1. The van der Waals surface area contributed by atoms with Gasteiger partial charge in [-0.3, -0.25) is 0 Å². The highest BCUT2D eigenvalue weighted by Gasteiger charge is 2.29. The van der Waals surface area contributed by atoms with E-state index in [1.54, 1.807) is 0 Å². The van der Waals surface area contributed by atoms with Crippen LogP contribution in [0.1, 0.15) is 19.8 Å². The second-order valence-corrected chi connectivity index (χ2v) is 4.49. The van der Waals surface area contributed by atoms with Gasteiger partial charge in [0.1, 0.15) is 0 Å². The summed E-state index contributed by atoms with van der Waals surface area (Å²) in [7, 11) is 0. The summed E-state index contributed by atoms with van der Waals surface area (Å²) in [5.41, 5.74) is 2.09. The van der Waals surface area contributed by atoms with Crippen molar-refractivity contribution in [3.63, 3.8) is 0 Å². The van der Waals surface area contributed by atoms with Gasteiger partial charge in [0.15, 0.2) is 0 Å². The van der Waals surface area contributed by atoms with Crippen LogP contribution in [-0.2, 0) is 4.74 Å². The van der Waals surface area contributed by atoms with Crippen LogP contribution >= 0.6 is 0 Å². The number of fused-ring (bicyclic) bond motifs is 1. The molecule has 2 aromatic rings. The molecular weight excluding hydrogens is 214 g/mol. The first-order chi connectivity index (χ1) is 8.35. The number of hydrogen-bond acceptors (Lipinski definition) is 3. The van der Waals surface area contributed by atoms with Crippen LogP contribution in [0, 0.1) is 0 Å². The molecule has 3 rings (SSSR count). The second-order valence-electron chi connectivity index (χ2n) is 4.49. The van der Waals surface area contributed by atoms with E-state index in [4.69, 9.17) is 4.74 Å². The maximum absolute atomic E-state index is 5.53. The molecule has 1 aliphatic carbocycles. The normalized spacial score (nSPS) is 23.6. The third-order valence-electron chi connectivity index (χ3n) is 3.23. The first kappa shape index (κ1) is 10.6. The van der Waals surface area contributed by atoms with Gasteiger partial charge in [-0.05, 0) is 31.9 Å². The highest BCUT2D eigenvalue weighted by molar-refractivity contribution is 5.77. The van der Waals surface area contributed by atoms with Gasteiger partial charge < -0.3 is 15.0 Å². The number of H-pyrrole nitrogens is 1. The van der Waals surface area contributed by atoms with Gasteiger partial charge in [0.05, 0.1) is 17.1 Å². The van der Waals surface area contributed by atoms with Crippen molar-refractivity contribution in [1.82, 2.24) is 9.97 Å². The summed E-state index contributed by atoms with van der Waals surface area (Å²) in [6.45, 7) is 2.85. The average molecular weight is 231 g/mol. The minimum atomic E-state index is 0.432. The maximum Gasteiger partial charge on any atom is 0.201 e. The topological polar surface area (TPSA) is 49.9 Å². The number of para-hydroxylation sites is 2. The molecule has 4 heteroatoms. The zero-order valence-electron chi connectivity index (χ0n) is 9.94. The highest BCUT2D eigenvalue weighted by Crippen LogP contribution is 2.26. The molecule has 0 radical (unpaired) electrons. The molecule has 1 aliphatic rings. The van der Waals surface area contributed by atoms with Crippen LogP contribution in [0.2, 0.25) is 0 Å². The van der Waals surface area contributed by atoms with Crippen molar-refractivity contribution in [3.05, 3.63) is 24.3 Å². The molecule has 0 saturated heterocycles. The fraction of sp³-hybridized carbons (Fsp3) is 0.462. The monoisotopic (exact) mass is 231 g/mol. The highest BCUT2D eigenvalue weighted by atomic mass is 16.5. The number of nitrogens with one attached hydrogen (secondary N) is 2. The zero-order valence-corrected chi connectivity index (χ0v) is 9.94. The first-order valence-electron chi connectivity index (χ1n) is 6.18. The van der Waals surface area contributed by atoms with Crippen molar-refractivity contribution < 1.29 is 4.74 Å². The SMILES string of the molecule is CCOC1CC(Nc2nc3ccccc3[nH]2)C1. The first-order valence-corrected chi connectivity index (χ1v) is 6.18. The van der Waals surface area contributed by atoms with Crippen LogP contribution in [0.5, 0.6) is 0 Å². The van der Waals surface area contributed by atoms with Gasteiger partial charge in [-0.15, -0.1) is 0 Å². The van der Waals surface area contributed by atoms with E-state index in [0.29, 0.717) is 12.1 Å². The van der Waals surface area contributed by atoms with Crippen molar-refractivity contribution in [2.75, 3.05) is 11.9 Å².